The second-order valence-electron chi connectivity index (χ2n) is 4.75. The number of rotatable bonds is 6. The summed E-state index contributed by atoms with van der Waals surface area (Å²) in [6.07, 6.45) is 2.07. The van der Waals surface area contributed by atoms with Crippen LogP contribution in [0.25, 0.3) is 5.65 Å². The van der Waals surface area contributed by atoms with Gasteiger partial charge in [-0.15, -0.1) is 0 Å². The van der Waals surface area contributed by atoms with E-state index in [9.17, 15) is 9.59 Å². The molecule has 2 aromatic rings. The lowest BCUT2D eigenvalue weighted by molar-refractivity contribution is -0.142. The Balaban J connectivity index is 1.98. The van der Waals surface area contributed by atoms with Gasteiger partial charge in [-0.05, 0) is 25.5 Å². The molecular weight excluding hydrogens is 270 g/mol. The van der Waals surface area contributed by atoms with Crippen molar-refractivity contribution in [2.45, 2.75) is 26.8 Å². The molecule has 0 aliphatic carbocycles. The second-order valence-corrected chi connectivity index (χ2v) is 4.75. The van der Waals surface area contributed by atoms with E-state index in [1.807, 2.05) is 19.1 Å². The monoisotopic (exact) mass is 289 g/mol. The highest BCUT2D eigenvalue weighted by Crippen LogP contribution is 2.02. The van der Waals surface area contributed by atoms with Gasteiger partial charge in [-0.25, -0.2) is 4.98 Å². The van der Waals surface area contributed by atoms with Crippen LogP contribution in [0.1, 0.15) is 24.6 Å². The molecule has 0 saturated heterocycles. The van der Waals surface area contributed by atoms with Gasteiger partial charge in [0.15, 0.2) is 0 Å². The van der Waals surface area contributed by atoms with Crippen LogP contribution in [0.5, 0.6) is 0 Å². The molecule has 0 bridgehead atoms. The average Bonchev–Trinajstić information content (AvgIpc) is 2.45. The average molecular weight is 289 g/mol. The highest BCUT2D eigenvalue weighted by molar-refractivity contribution is 5.69. The van der Waals surface area contributed by atoms with Crippen LogP contribution >= 0.6 is 0 Å². The van der Waals surface area contributed by atoms with Crippen molar-refractivity contribution in [2.24, 2.45) is 0 Å². The van der Waals surface area contributed by atoms with Crippen molar-refractivity contribution in [3.8, 4) is 0 Å². The number of hydrogen-bond donors (Lipinski definition) is 1. The fourth-order valence-corrected chi connectivity index (χ4v) is 1.99. The van der Waals surface area contributed by atoms with Crippen LogP contribution in [-0.4, -0.2) is 28.5 Å². The first kappa shape index (κ1) is 15.2. The zero-order valence-corrected chi connectivity index (χ0v) is 12.3. The summed E-state index contributed by atoms with van der Waals surface area (Å²) >= 11 is 0. The standard InChI is InChI=1S/C15H19N3O3/c1-3-21-15(20)6-7-16-9-12-8-14(19)18-10-11(2)4-5-13(18)17-12/h4-5,8,10,16H,3,6-7,9H2,1-2H3. The molecule has 0 unspecified atom stereocenters. The Morgan fingerprint density at radius 1 is 1.43 bits per heavy atom. The summed E-state index contributed by atoms with van der Waals surface area (Å²) in [5.74, 6) is -0.230. The number of ether oxygens (including phenoxy) is 1. The van der Waals surface area contributed by atoms with E-state index in [4.69, 9.17) is 4.74 Å². The summed E-state index contributed by atoms with van der Waals surface area (Å²) in [7, 11) is 0. The largest absolute Gasteiger partial charge is 0.466 e. The van der Waals surface area contributed by atoms with Crippen molar-refractivity contribution >= 4 is 11.6 Å². The molecule has 0 fully saturated rings. The Kier molecular flexibility index (Phi) is 5.05. The number of carbonyl (C=O) groups is 1. The van der Waals surface area contributed by atoms with E-state index in [1.165, 1.54) is 10.5 Å². The van der Waals surface area contributed by atoms with E-state index in [0.717, 1.165) is 5.56 Å². The molecule has 0 saturated carbocycles. The number of esters is 1. The fourth-order valence-electron chi connectivity index (χ4n) is 1.99. The van der Waals surface area contributed by atoms with E-state index >= 15 is 0 Å². The molecule has 0 radical (unpaired) electrons. The van der Waals surface area contributed by atoms with Crippen LogP contribution in [-0.2, 0) is 16.1 Å². The molecule has 0 aliphatic rings. The number of nitrogens with zero attached hydrogens (tertiary/aromatic N) is 2. The molecule has 1 N–H and O–H groups in total. The summed E-state index contributed by atoms with van der Waals surface area (Å²) < 4.78 is 6.36. The van der Waals surface area contributed by atoms with Crippen molar-refractivity contribution in [1.29, 1.82) is 0 Å². The first-order valence-electron chi connectivity index (χ1n) is 6.95. The quantitative estimate of drug-likeness (QED) is 0.635. The van der Waals surface area contributed by atoms with Crippen molar-refractivity contribution < 1.29 is 9.53 Å². The number of pyridine rings is 1. The molecule has 2 heterocycles. The number of hydrogen-bond acceptors (Lipinski definition) is 5. The zero-order valence-electron chi connectivity index (χ0n) is 12.3. The van der Waals surface area contributed by atoms with Crippen LogP contribution < -0.4 is 10.9 Å². The first-order valence-corrected chi connectivity index (χ1v) is 6.95. The Bertz CT molecular complexity index is 694. The molecule has 6 nitrogen and oxygen atoms in total. The molecule has 0 aromatic carbocycles. The Morgan fingerprint density at radius 2 is 2.24 bits per heavy atom. The maximum atomic E-state index is 12.0. The summed E-state index contributed by atoms with van der Waals surface area (Å²) in [5, 5.41) is 3.08. The summed E-state index contributed by atoms with van der Waals surface area (Å²) in [6, 6.07) is 5.24. The van der Waals surface area contributed by atoms with Gasteiger partial charge >= 0.3 is 5.97 Å². The lowest BCUT2D eigenvalue weighted by atomic mass is 10.3. The molecule has 0 aliphatic heterocycles. The summed E-state index contributed by atoms with van der Waals surface area (Å²) in [5.41, 5.74) is 2.18. The van der Waals surface area contributed by atoms with Crippen LogP contribution in [0.2, 0.25) is 0 Å². The third-order valence-corrected chi connectivity index (χ3v) is 2.98. The van der Waals surface area contributed by atoms with Crippen molar-refractivity contribution in [1.82, 2.24) is 14.7 Å². The van der Waals surface area contributed by atoms with Gasteiger partial charge in [0.05, 0.1) is 18.7 Å². The molecule has 6 heteroatoms. The van der Waals surface area contributed by atoms with E-state index in [-0.39, 0.29) is 11.5 Å². The molecule has 21 heavy (non-hydrogen) atoms. The minimum Gasteiger partial charge on any atom is -0.466 e. The topological polar surface area (TPSA) is 72.7 Å². The van der Waals surface area contributed by atoms with Crippen LogP contribution in [0.3, 0.4) is 0 Å². The lowest BCUT2D eigenvalue weighted by Gasteiger charge is -2.06. The third-order valence-electron chi connectivity index (χ3n) is 2.98. The SMILES string of the molecule is CCOC(=O)CCNCc1cc(=O)n2cc(C)ccc2n1. The van der Waals surface area contributed by atoms with Gasteiger partial charge in [-0.2, -0.15) is 0 Å². The molecular formula is C15H19N3O3. The minimum atomic E-state index is -0.230. The molecule has 2 aromatic heterocycles. The zero-order chi connectivity index (χ0) is 15.2. The van der Waals surface area contributed by atoms with Crippen LogP contribution in [0.4, 0.5) is 0 Å². The fraction of sp³-hybridized carbons (Fsp3) is 0.400. The molecule has 0 spiro atoms. The Hall–Kier alpha value is -2.21. The number of aryl methyl sites for hydroxylation is 1. The van der Waals surface area contributed by atoms with Gasteiger partial charge in [0.1, 0.15) is 5.65 Å². The Morgan fingerprint density at radius 3 is 3.00 bits per heavy atom. The maximum Gasteiger partial charge on any atom is 0.307 e. The van der Waals surface area contributed by atoms with Gasteiger partial charge in [0, 0.05) is 25.4 Å². The summed E-state index contributed by atoms with van der Waals surface area (Å²) in [6.45, 7) is 5.03. The molecule has 112 valence electrons. The molecule has 0 atom stereocenters. The molecule has 0 amide bonds. The molecule has 2 rings (SSSR count). The highest BCUT2D eigenvalue weighted by Gasteiger charge is 2.04. The van der Waals surface area contributed by atoms with Gasteiger partial charge in [0.2, 0.25) is 0 Å². The minimum absolute atomic E-state index is 0.106. The Labute approximate surface area is 122 Å². The number of aromatic nitrogens is 2. The van der Waals surface area contributed by atoms with E-state index < -0.39 is 0 Å². The number of fused-ring (bicyclic) bond motifs is 1. The number of carbonyl (C=O) groups excluding carboxylic acids is 1. The first-order chi connectivity index (χ1) is 10.1. The van der Waals surface area contributed by atoms with Gasteiger partial charge in [-0.1, -0.05) is 6.07 Å². The maximum absolute atomic E-state index is 12.0. The van der Waals surface area contributed by atoms with Gasteiger partial charge in [0.25, 0.3) is 5.56 Å². The van der Waals surface area contributed by atoms with Crippen LogP contribution in [0, 0.1) is 6.92 Å². The van der Waals surface area contributed by atoms with Gasteiger partial charge in [-0.3, -0.25) is 14.0 Å². The van der Waals surface area contributed by atoms with Crippen molar-refractivity contribution in [2.75, 3.05) is 13.2 Å². The van der Waals surface area contributed by atoms with Crippen LogP contribution in [0.15, 0.2) is 29.2 Å². The van der Waals surface area contributed by atoms with E-state index in [1.54, 1.807) is 13.1 Å². The summed E-state index contributed by atoms with van der Waals surface area (Å²) in [4.78, 5) is 27.6. The van der Waals surface area contributed by atoms with Crippen molar-refractivity contribution in [3.63, 3.8) is 0 Å². The van der Waals surface area contributed by atoms with E-state index in [2.05, 4.69) is 10.3 Å². The predicted molar refractivity (Wildman–Crippen MR) is 79.2 cm³/mol. The highest BCUT2D eigenvalue weighted by atomic mass is 16.5. The van der Waals surface area contributed by atoms with E-state index in [0.29, 0.717) is 37.5 Å². The third kappa shape index (κ3) is 4.13. The predicted octanol–water partition coefficient (Wildman–Crippen LogP) is 1.05. The number of nitrogens with one attached hydrogen (secondary N) is 1. The van der Waals surface area contributed by atoms with Crippen molar-refractivity contribution in [3.05, 3.63) is 46.0 Å². The normalized spacial score (nSPS) is 10.8. The van der Waals surface area contributed by atoms with Gasteiger partial charge < -0.3 is 10.1 Å². The second kappa shape index (κ2) is 6.99. The smallest absolute Gasteiger partial charge is 0.307 e. The lowest BCUT2D eigenvalue weighted by Crippen LogP contribution is -2.22.